The Morgan fingerprint density at radius 2 is 1.85 bits per heavy atom. The maximum Gasteiger partial charge on any atom is 0.306 e. The number of benzene rings is 2. The number of carbonyl (C=O) groups is 1. The van der Waals surface area contributed by atoms with Crippen LogP contribution in [-0.4, -0.2) is 48.8 Å². The number of carbonyl (C=O) groups excluding carboxylic acids is 1. The van der Waals surface area contributed by atoms with Crippen LogP contribution >= 0.6 is 0 Å². The van der Waals surface area contributed by atoms with Crippen molar-refractivity contribution in [2.24, 2.45) is 0 Å². The minimum Gasteiger partial charge on any atom is -0.502 e. The summed E-state index contributed by atoms with van der Waals surface area (Å²) in [4.78, 5) is 31.8. The van der Waals surface area contributed by atoms with Gasteiger partial charge in [-0.1, -0.05) is 12.1 Å². The molecule has 0 aliphatic carbocycles. The number of esters is 1. The Labute approximate surface area is 225 Å². The molecule has 202 valence electrons. The van der Waals surface area contributed by atoms with Gasteiger partial charge in [0.2, 0.25) is 11.2 Å². The molecule has 1 unspecified atom stereocenters. The zero-order valence-corrected chi connectivity index (χ0v) is 22.1. The lowest BCUT2D eigenvalue weighted by atomic mass is 9.91. The molecule has 4 aromatic rings. The van der Waals surface area contributed by atoms with E-state index in [0.29, 0.717) is 35.9 Å². The Bertz CT molecular complexity index is 1580. The number of aromatic hydroxyl groups is 1. The molecule has 9 nitrogen and oxygen atoms in total. The molecule has 5 rings (SSSR count). The van der Waals surface area contributed by atoms with Crippen LogP contribution in [0.15, 0.2) is 63.9 Å². The van der Waals surface area contributed by atoms with Gasteiger partial charge in [-0.05, 0) is 53.4 Å². The third-order valence-corrected chi connectivity index (χ3v) is 7.12. The number of fused-ring (bicyclic) bond motifs is 2. The lowest BCUT2D eigenvalue weighted by Gasteiger charge is -2.29. The van der Waals surface area contributed by atoms with Gasteiger partial charge in [0.05, 0.1) is 45.7 Å². The van der Waals surface area contributed by atoms with Crippen molar-refractivity contribution in [3.63, 3.8) is 0 Å². The highest BCUT2D eigenvalue weighted by Crippen LogP contribution is 2.36. The van der Waals surface area contributed by atoms with E-state index in [1.165, 1.54) is 18.7 Å². The first kappa shape index (κ1) is 26.2. The van der Waals surface area contributed by atoms with Crippen LogP contribution in [0, 0.1) is 0 Å². The Kier molecular flexibility index (Phi) is 7.51. The van der Waals surface area contributed by atoms with Gasteiger partial charge in [0, 0.05) is 30.7 Å². The summed E-state index contributed by atoms with van der Waals surface area (Å²) in [5, 5.41) is 11.6. The Morgan fingerprint density at radius 3 is 2.59 bits per heavy atom. The molecule has 0 radical (unpaired) electrons. The average molecular weight is 531 g/mol. The number of hydrogen-bond donors (Lipinski definition) is 1. The summed E-state index contributed by atoms with van der Waals surface area (Å²) >= 11 is 0. The fraction of sp³-hybridized carbons (Fsp3) is 0.300. The smallest absolute Gasteiger partial charge is 0.306 e. The van der Waals surface area contributed by atoms with Crippen LogP contribution in [0.5, 0.6) is 17.2 Å². The monoisotopic (exact) mass is 530 g/mol. The van der Waals surface area contributed by atoms with E-state index < -0.39 is 23.1 Å². The van der Waals surface area contributed by atoms with Crippen molar-refractivity contribution in [3.8, 4) is 17.2 Å². The maximum absolute atomic E-state index is 12.9. The van der Waals surface area contributed by atoms with Crippen molar-refractivity contribution in [2.75, 3.05) is 27.9 Å². The largest absolute Gasteiger partial charge is 0.502 e. The molecule has 9 heteroatoms. The zero-order chi connectivity index (χ0) is 27.5. The third kappa shape index (κ3) is 5.44. The Balaban J connectivity index is 1.48. The molecular formula is C30H30N2O7. The lowest BCUT2D eigenvalue weighted by molar-refractivity contribution is -0.140. The molecule has 0 saturated carbocycles. The predicted octanol–water partition coefficient (Wildman–Crippen LogP) is 4.16. The van der Waals surface area contributed by atoms with Gasteiger partial charge in [0.15, 0.2) is 17.3 Å². The molecule has 0 fully saturated rings. The maximum atomic E-state index is 12.9. The van der Waals surface area contributed by atoms with Gasteiger partial charge in [-0.3, -0.25) is 19.5 Å². The number of hydrogen-bond acceptors (Lipinski definition) is 9. The average Bonchev–Trinajstić information content (AvgIpc) is 2.96. The summed E-state index contributed by atoms with van der Waals surface area (Å²) in [5.74, 6) is 0.0563. The van der Waals surface area contributed by atoms with Crippen molar-refractivity contribution in [2.45, 2.75) is 31.8 Å². The first-order valence-electron chi connectivity index (χ1n) is 12.6. The summed E-state index contributed by atoms with van der Waals surface area (Å²) in [7, 11) is 4.52. The van der Waals surface area contributed by atoms with E-state index >= 15 is 0 Å². The van der Waals surface area contributed by atoms with E-state index in [4.69, 9.17) is 18.6 Å². The minimum atomic E-state index is -0.728. The summed E-state index contributed by atoms with van der Waals surface area (Å²) in [6, 6.07) is 14.5. The summed E-state index contributed by atoms with van der Waals surface area (Å²) in [5.41, 5.74) is 3.21. The zero-order valence-electron chi connectivity index (χ0n) is 22.1. The van der Waals surface area contributed by atoms with E-state index in [1.54, 1.807) is 20.4 Å². The number of ether oxygens (including phenoxy) is 3. The molecule has 1 atom stereocenters. The van der Waals surface area contributed by atoms with E-state index in [-0.39, 0.29) is 12.2 Å². The van der Waals surface area contributed by atoms with Crippen molar-refractivity contribution in [3.05, 3.63) is 93.2 Å². The van der Waals surface area contributed by atoms with Gasteiger partial charge in [-0.15, -0.1) is 0 Å². The first-order valence-corrected chi connectivity index (χ1v) is 12.6. The number of pyridine rings is 1. The Hall–Kier alpha value is -4.37. The van der Waals surface area contributed by atoms with Crippen LogP contribution in [0.25, 0.3) is 10.9 Å². The van der Waals surface area contributed by atoms with Crippen LogP contribution in [-0.2, 0) is 29.0 Å². The van der Waals surface area contributed by atoms with Crippen LogP contribution in [0.3, 0.4) is 0 Å². The van der Waals surface area contributed by atoms with Crippen molar-refractivity contribution < 1.29 is 28.5 Å². The van der Waals surface area contributed by atoms with Crippen molar-refractivity contribution in [1.29, 1.82) is 0 Å². The van der Waals surface area contributed by atoms with E-state index in [9.17, 15) is 14.7 Å². The minimum absolute atomic E-state index is 0.0370. The molecule has 1 aliphatic rings. The molecular weight excluding hydrogens is 500 g/mol. The predicted molar refractivity (Wildman–Crippen MR) is 144 cm³/mol. The van der Waals surface area contributed by atoms with Gasteiger partial charge in [0.1, 0.15) is 5.76 Å². The van der Waals surface area contributed by atoms with Gasteiger partial charge in [-0.2, -0.15) is 0 Å². The molecule has 0 saturated heterocycles. The highest BCUT2D eigenvalue weighted by molar-refractivity contribution is 5.80. The van der Waals surface area contributed by atoms with Gasteiger partial charge in [0.25, 0.3) is 0 Å². The normalized spacial score (nSPS) is 14.0. The molecule has 0 amide bonds. The second kappa shape index (κ2) is 11.2. The summed E-state index contributed by atoms with van der Waals surface area (Å²) < 4.78 is 22.0. The first-order chi connectivity index (χ1) is 18.9. The molecule has 1 aliphatic heterocycles. The molecule has 0 bridgehead atoms. The third-order valence-electron chi connectivity index (χ3n) is 7.12. The summed E-state index contributed by atoms with van der Waals surface area (Å²) in [6.45, 7) is 1.72. The van der Waals surface area contributed by atoms with E-state index in [2.05, 4.69) is 9.88 Å². The highest BCUT2D eigenvalue weighted by atomic mass is 16.5. The molecule has 39 heavy (non-hydrogen) atoms. The van der Waals surface area contributed by atoms with Gasteiger partial charge in [-0.25, -0.2) is 0 Å². The molecule has 2 aromatic heterocycles. The summed E-state index contributed by atoms with van der Waals surface area (Å²) in [6.07, 6.45) is 2.38. The number of nitrogens with zero attached hydrogens (tertiary/aromatic N) is 2. The lowest BCUT2D eigenvalue weighted by Crippen LogP contribution is -2.30. The van der Waals surface area contributed by atoms with Crippen LogP contribution < -0.4 is 14.9 Å². The molecule has 3 heterocycles. The second-order valence-corrected chi connectivity index (χ2v) is 9.51. The van der Waals surface area contributed by atoms with Crippen molar-refractivity contribution >= 4 is 16.9 Å². The molecule has 1 N–H and O–H groups in total. The number of methoxy groups -OCH3 is 3. The fourth-order valence-electron chi connectivity index (χ4n) is 5.09. The number of rotatable bonds is 8. The van der Waals surface area contributed by atoms with E-state index in [0.717, 1.165) is 29.4 Å². The highest BCUT2D eigenvalue weighted by Gasteiger charge is 2.28. The van der Waals surface area contributed by atoms with Gasteiger partial charge < -0.3 is 23.7 Å². The molecule has 0 spiro atoms. The SMILES string of the molecule is COC(=O)CC(c1ccc2ncccc2c1)c1oc(CN2CCc3cc(OC)c(OC)cc3C2)cc(=O)c1O. The second-order valence-electron chi connectivity index (χ2n) is 9.51. The quantitative estimate of drug-likeness (QED) is 0.336. The van der Waals surface area contributed by atoms with Crippen LogP contribution in [0.2, 0.25) is 0 Å². The van der Waals surface area contributed by atoms with Gasteiger partial charge >= 0.3 is 5.97 Å². The van der Waals surface area contributed by atoms with Crippen LogP contribution in [0.1, 0.15) is 40.5 Å². The Morgan fingerprint density at radius 1 is 1.08 bits per heavy atom. The topological polar surface area (TPSA) is 111 Å². The van der Waals surface area contributed by atoms with Crippen molar-refractivity contribution in [1.82, 2.24) is 9.88 Å². The van der Waals surface area contributed by atoms with Crippen LogP contribution in [0.4, 0.5) is 0 Å². The fourth-order valence-corrected chi connectivity index (χ4v) is 5.09. The van der Waals surface area contributed by atoms with E-state index in [1.807, 2.05) is 42.5 Å². The molecule has 2 aromatic carbocycles. The standard InChI is InChI=1S/C30H30N2O7/c1-36-26-12-18-8-10-32(16-21(18)13-27(26)37-2)17-22-14-25(33)29(35)30(39-22)23(15-28(34)38-3)19-6-7-24-20(11-19)5-4-9-31-24/h4-7,9,11-14,23,35H,8,10,15-17H2,1-3H3. The number of aromatic nitrogens is 1.